The van der Waals surface area contributed by atoms with Crippen molar-refractivity contribution >= 4 is 21.7 Å². The van der Waals surface area contributed by atoms with Gasteiger partial charge in [0.15, 0.2) is 0 Å². The molecule has 0 aromatic carbocycles. The van der Waals surface area contributed by atoms with Crippen molar-refractivity contribution in [3.8, 4) is 0 Å². The van der Waals surface area contributed by atoms with Crippen LogP contribution in [0.2, 0.25) is 0 Å². The van der Waals surface area contributed by atoms with Gasteiger partial charge in [0.1, 0.15) is 0 Å². The molecule has 11 heavy (non-hydrogen) atoms. The fraction of sp³-hybridized carbons (Fsp3) is 0.333. The molecule has 1 aromatic rings. The monoisotopic (exact) mass is 190 g/mol. The molecule has 0 aliphatic carbocycles. The van der Waals surface area contributed by atoms with Crippen LogP contribution in [0.1, 0.15) is 5.56 Å². The Kier molecular flexibility index (Phi) is 2.57. The Balaban J connectivity index is 3.37. The summed E-state index contributed by atoms with van der Waals surface area (Å²) in [5.41, 5.74) is 0.540. The standard InChI is InChI=1S/C6H7ClN2OS/c1-4-5(11-7)3-8-9(2)6(4)10/h3H,1-2H3. The fourth-order valence-corrected chi connectivity index (χ4v) is 1.47. The summed E-state index contributed by atoms with van der Waals surface area (Å²) in [7, 11) is 8.11. The predicted molar refractivity (Wildman–Crippen MR) is 45.9 cm³/mol. The van der Waals surface area contributed by atoms with Gasteiger partial charge in [0.25, 0.3) is 5.56 Å². The van der Waals surface area contributed by atoms with E-state index in [9.17, 15) is 4.79 Å². The number of hydrogen-bond acceptors (Lipinski definition) is 3. The fourth-order valence-electron chi connectivity index (χ4n) is 0.714. The van der Waals surface area contributed by atoms with Gasteiger partial charge in [-0.05, 0) is 28.6 Å². The van der Waals surface area contributed by atoms with E-state index in [4.69, 9.17) is 10.7 Å². The summed E-state index contributed by atoms with van der Waals surface area (Å²) >= 11 is 0. The number of nitrogens with zero attached hydrogens (tertiary/aromatic N) is 2. The first-order chi connectivity index (χ1) is 5.16. The van der Waals surface area contributed by atoms with E-state index in [1.165, 1.54) is 4.68 Å². The Morgan fingerprint density at radius 2 is 2.36 bits per heavy atom. The van der Waals surface area contributed by atoms with Crippen molar-refractivity contribution in [2.45, 2.75) is 11.8 Å². The molecule has 0 amide bonds. The highest BCUT2D eigenvalue weighted by Gasteiger charge is 2.03. The van der Waals surface area contributed by atoms with Crippen molar-refractivity contribution in [1.82, 2.24) is 9.78 Å². The van der Waals surface area contributed by atoms with Crippen molar-refractivity contribution in [2.24, 2.45) is 7.05 Å². The van der Waals surface area contributed by atoms with Crippen LogP contribution in [-0.4, -0.2) is 9.78 Å². The van der Waals surface area contributed by atoms with E-state index in [2.05, 4.69) is 5.10 Å². The van der Waals surface area contributed by atoms with Gasteiger partial charge in [-0.1, -0.05) is 0 Å². The Morgan fingerprint density at radius 3 is 2.91 bits per heavy atom. The first-order valence-electron chi connectivity index (χ1n) is 2.98. The van der Waals surface area contributed by atoms with Crippen molar-refractivity contribution < 1.29 is 0 Å². The zero-order valence-electron chi connectivity index (χ0n) is 6.17. The molecule has 0 aliphatic rings. The maximum Gasteiger partial charge on any atom is 0.270 e. The molecule has 0 saturated carbocycles. The highest BCUT2D eigenvalue weighted by atomic mass is 35.7. The van der Waals surface area contributed by atoms with E-state index >= 15 is 0 Å². The highest BCUT2D eigenvalue weighted by molar-refractivity contribution is 8.21. The van der Waals surface area contributed by atoms with Crippen molar-refractivity contribution in [3.63, 3.8) is 0 Å². The lowest BCUT2D eigenvalue weighted by molar-refractivity contribution is 0.687. The van der Waals surface area contributed by atoms with Gasteiger partial charge < -0.3 is 0 Å². The first-order valence-corrected chi connectivity index (χ1v) is 4.62. The molecular formula is C6H7ClN2OS. The van der Waals surface area contributed by atoms with Gasteiger partial charge in [0, 0.05) is 12.6 Å². The molecule has 1 heterocycles. The average molecular weight is 191 g/mol. The Hall–Kier alpha value is -0.480. The first kappa shape index (κ1) is 8.62. The van der Waals surface area contributed by atoms with Crippen LogP contribution < -0.4 is 5.56 Å². The quantitative estimate of drug-likeness (QED) is 0.671. The summed E-state index contributed by atoms with van der Waals surface area (Å²) in [4.78, 5) is 11.9. The van der Waals surface area contributed by atoms with Crippen LogP contribution in [-0.2, 0) is 7.05 Å². The van der Waals surface area contributed by atoms with Crippen LogP contribution in [0.15, 0.2) is 15.9 Å². The Bertz CT molecular complexity index is 323. The molecule has 5 heteroatoms. The van der Waals surface area contributed by atoms with Crippen LogP contribution in [0.5, 0.6) is 0 Å². The van der Waals surface area contributed by atoms with Gasteiger partial charge in [0.2, 0.25) is 0 Å². The van der Waals surface area contributed by atoms with E-state index in [0.29, 0.717) is 5.56 Å². The molecule has 1 rings (SSSR count). The predicted octanol–water partition coefficient (Wildman–Crippen LogP) is 1.33. The zero-order valence-corrected chi connectivity index (χ0v) is 7.74. The topological polar surface area (TPSA) is 34.9 Å². The molecule has 60 valence electrons. The van der Waals surface area contributed by atoms with E-state index in [-0.39, 0.29) is 5.56 Å². The third kappa shape index (κ3) is 1.57. The van der Waals surface area contributed by atoms with Crippen LogP contribution in [0, 0.1) is 6.92 Å². The van der Waals surface area contributed by atoms with Crippen LogP contribution in [0.25, 0.3) is 0 Å². The molecule has 0 bridgehead atoms. The minimum atomic E-state index is -0.101. The summed E-state index contributed by atoms with van der Waals surface area (Å²) in [6, 6.07) is 0. The lowest BCUT2D eigenvalue weighted by atomic mass is 10.3. The van der Waals surface area contributed by atoms with Crippen LogP contribution >= 0.6 is 21.7 Å². The highest BCUT2D eigenvalue weighted by Crippen LogP contribution is 2.21. The lowest BCUT2D eigenvalue weighted by Gasteiger charge is -2.00. The van der Waals surface area contributed by atoms with Gasteiger partial charge in [-0.2, -0.15) is 5.10 Å². The summed E-state index contributed by atoms with van der Waals surface area (Å²) < 4.78 is 1.28. The number of hydrogen-bond donors (Lipinski definition) is 0. The minimum absolute atomic E-state index is 0.101. The molecular weight excluding hydrogens is 184 g/mol. The van der Waals surface area contributed by atoms with Gasteiger partial charge in [-0.3, -0.25) is 4.79 Å². The summed E-state index contributed by atoms with van der Waals surface area (Å²) in [6.07, 6.45) is 1.58. The smallest absolute Gasteiger partial charge is 0.267 e. The largest absolute Gasteiger partial charge is 0.270 e. The van der Waals surface area contributed by atoms with Crippen LogP contribution in [0.3, 0.4) is 0 Å². The zero-order chi connectivity index (χ0) is 8.43. The van der Waals surface area contributed by atoms with E-state index in [1.54, 1.807) is 20.2 Å². The molecule has 0 saturated heterocycles. The lowest BCUT2D eigenvalue weighted by Crippen LogP contribution is -2.21. The second kappa shape index (κ2) is 3.28. The van der Waals surface area contributed by atoms with E-state index in [1.807, 2.05) is 0 Å². The maximum absolute atomic E-state index is 11.2. The second-order valence-electron chi connectivity index (χ2n) is 2.14. The SMILES string of the molecule is Cc1c(SCl)cnn(C)c1=O. The molecule has 0 spiro atoms. The van der Waals surface area contributed by atoms with Gasteiger partial charge >= 0.3 is 0 Å². The average Bonchev–Trinajstić information content (AvgIpc) is 2.01. The van der Waals surface area contributed by atoms with E-state index < -0.39 is 0 Å². The summed E-state index contributed by atoms with van der Waals surface area (Å²) in [5, 5.41) is 3.81. The summed E-state index contributed by atoms with van der Waals surface area (Å²) in [5.74, 6) is 0. The normalized spacial score (nSPS) is 10.1. The second-order valence-corrected chi connectivity index (χ2v) is 3.20. The molecule has 1 aromatic heterocycles. The number of rotatable bonds is 1. The third-order valence-corrected chi connectivity index (χ3v) is 2.49. The minimum Gasteiger partial charge on any atom is -0.267 e. The molecule has 0 aliphatic heterocycles. The molecule has 0 fully saturated rings. The molecule has 3 nitrogen and oxygen atoms in total. The van der Waals surface area contributed by atoms with Crippen molar-refractivity contribution in [3.05, 3.63) is 22.1 Å². The maximum atomic E-state index is 11.2. The van der Waals surface area contributed by atoms with E-state index in [0.717, 1.165) is 15.9 Å². The Labute approximate surface area is 72.9 Å². The van der Waals surface area contributed by atoms with Gasteiger partial charge in [-0.25, -0.2) is 4.68 Å². The summed E-state index contributed by atoms with van der Waals surface area (Å²) in [6.45, 7) is 1.73. The molecule has 0 unspecified atom stereocenters. The van der Waals surface area contributed by atoms with Crippen molar-refractivity contribution in [1.29, 1.82) is 0 Å². The number of aryl methyl sites for hydroxylation is 1. The molecule has 0 radical (unpaired) electrons. The molecule has 0 atom stereocenters. The van der Waals surface area contributed by atoms with Crippen LogP contribution in [0.4, 0.5) is 0 Å². The third-order valence-electron chi connectivity index (χ3n) is 1.42. The number of halogens is 1. The Morgan fingerprint density at radius 1 is 1.73 bits per heavy atom. The van der Waals surface area contributed by atoms with Gasteiger partial charge in [0.05, 0.1) is 11.1 Å². The number of aromatic nitrogens is 2. The van der Waals surface area contributed by atoms with Crippen molar-refractivity contribution in [2.75, 3.05) is 0 Å². The van der Waals surface area contributed by atoms with Gasteiger partial charge in [-0.15, -0.1) is 0 Å². The molecule has 0 N–H and O–H groups in total.